The first kappa shape index (κ1) is 11.0. The van der Waals surface area contributed by atoms with Gasteiger partial charge in [0.2, 0.25) is 0 Å². The van der Waals surface area contributed by atoms with Crippen LogP contribution >= 0.6 is 0 Å². The number of nitriles is 1. The molecule has 0 aliphatic carbocycles. The normalized spacial score (nSPS) is 10.1. The van der Waals surface area contributed by atoms with Gasteiger partial charge in [0.25, 0.3) is 0 Å². The average Bonchev–Trinajstić information content (AvgIpc) is 2.71. The van der Waals surface area contributed by atoms with Gasteiger partial charge >= 0.3 is 5.97 Å². The molecular weight excluding hydrogens is 216 g/mol. The summed E-state index contributed by atoms with van der Waals surface area (Å²) in [4.78, 5) is 10.7. The lowest BCUT2D eigenvalue weighted by Crippen LogP contribution is -2.07. The Kier molecular flexibility index (Phi) is 2.67. The summed E-state index contributed by atoms with van der Waals surface area (Å²) in [5.41, 5.74) is 1.62. The molecular formula is C13H10N2O2. The average molecular weight is 226 g/mol. The lowest BCUT2D eigenvalue weighted by atomic mass is 10.2. The Hall–Kier alpha value is -2.54. The fourth-order valence-electron chi connectivity index (χ4n) is 1.68. The van der Waals surface area contributed by atoms with Crippen molar-refractivity contribution in [3.8, 4) is 6.07 Å². The highest BCUT2D eigenvalue weighted by Gasteiger charge is 2.07. The SMILES string of the molecule is C=C(Cn1ccc2cc(C#N)ccc21)C(=O)O. The van der Waals surface area contributed by atoms with Crippen molar-refractivity contribution in [1.29, 1.82) is 5.26 Å². The molecule has 84 valence electrons. The van der Waals surface area contributed by atoms with E-state index in [1.807, 2.05) is 12.1 Å². The molecule has 1 aromatic heterocycles. The molecule has 0 atom stereocenters. The first-order chi connectivity index (χ1) is 8.11. The van der Waals surface area contributed by atoms with E-state index in [1.165, 1.54) is 0 Å². The van der Waals surface area contributed by atoms with E-state index in [0.717, 1.165) is 10.9 Å². The minimum absolute atomic E-state index is 0.131. The van der Waals surface area contributed by atoms with Crippen molar-refractivity contribution in [1.82, 2.24) is 4.57 Å². The molecule has 0 bridgehead atoms. The van der Waals surface area contributed by atoms with Crippen molar-refractivity contribution < 1.29 is 9.90 Å². The number of carboxylic acids is 1. The predicted octanol–water partition coefficient (Wildman–Crippen LogP) is 2.15. The minimum Gasteiger partial charge on any atom is -0.478 e. The molecule has 0 aliphatic heterocycles. The van der Waals surface area contributed by atoms with Crippen LogP contribution in [0.1, 0.15) is 5.56 Å². The maximum Gasteiger partial charge on any atom is 0.332 e. The molecule has 2 aromatic rings. The second-order valence-electron chi connectivity index (χ2n) is 3.74. The topological polar surface area (TPSA) is 66.0 Å². The van der Waals surface area contributed by atoms with Crippen LogP contribution in [-0.2, 0) is 11.3 Å². The van der Waals surface area contributed by atoms with E-state index in [1.54, 1.807) is 22.9 Å². The zero-order valence-electron chi connectivity index (χ0n) is 9.05. The molecule has 0 spiro atoms. The van der Waals surface area contributed by atoms with Crippen LogP contribution in [0.15, 0.2) is 42.6 Å². The summed E-state index contributed by atoms with van der Waals surface area (Å²) in [6.07, 6.45) is 1.79. The molecule has 4 heteroatoms. The molecule has 0 amide bonds. The Morgan fingerprint density at radius 1 is 1.47 bits per heavy atom. The number of carboxylic acid groups (broad SMARTS) is 1. The number of rotatable bonds is 3. The molecule has 0 fully saturated rings. The number of fused-ring (bicyclic) bond motifs is 1. The molecule has 1 N–H and O–H groups in total. The van der Waals surface area contributed by atoms with Gasteiger partial charge in [0.15, 0.2) is 0 Å². The van der Waals surface area contributed by atoms with E-state index in [9.17, 15) is 4.79 Å². The summed E-state index contributed by atoms with van der Waals surface area (Å²) in [5.74, 6) is -1.000. The summed E-state index contributed by atoms with van der Waals surface area (Å²) >= 11 is 0. The van der Waals surface area contributed by atoms with Gasteiger partial charge in [-0.05, 0) is 24.3 Å². The maximum atomic E-state index is 10.7. The Labute approximate surface area is 98.0 Å². The van der Waals surface area contributed by atoms with Crippen molar-refractivity contribution in [3.63, 3.8) is 0 Å². The van der Waals surface area contributed by atoms with Gasteiger partial charge in [-0.3, -0.25) is 0 Å². The highest BCUT2D eigenvalue weighted by molar-refractivity contribution is 5.87. The van der Waals surface area contributed by atoms with E-state index in [-0.39, 0.29) is 12.1 Å². The highest BCUT2D eigenvalue weighted by Crippen LogP contribution is 2.18. The molecule has 2 rings (SSSR count). The largest absolute Gasteiger partial charge is 0.478 e. The molecule has 0 saturated carbocycles. The molecule has 1 heterocycles. The van der Waals surface area contributed by atoms with Gasteiger partial charge in [-0.2, -0.15) is 5.26 Å². The van der Waals surface area contributed by atoms with Crippen molar-refractivity contribution >= 4 is 16.9 Å². The van der Waals surface area contributed by atoms with Gasteiger partial charge in [0.05, 0.1) is 18.2 Å². The molecule has 0 unspecified atom stereocenters. The van der Waals surface area contributed by atoms with Crippen LogP contribution in [0.4, 0.5) is 0 Å². The van der Waals surface area contributed by atoms with Gasteiger partial charge in [-0.25, -0.2) is 4.79 Å². The zero-order valence-corrected chi connectivity index (χ0v) is 9.05. The van der Waals surface area contributed by atoms with Gasteiger partial charge in [0, 0.05) is 22.7 Å². The van der Waals surface area contributed by atoms with E-state index >= 15 is 0 Å². The highest BCUT2D eigenvalue weighted by atomic mass is 16.4. The second-order valence-corrected chi connectivity index (χ2v) is 3.74. The third kappa shape index (κ3) is 2.04. The number of aromatic nitrogens is 1. The van der Waals surface area contributed by atoms with E-state index in [0.29, 0.717) is 5.56 Å². The number of hydrogen-bond acceptors (Lipinski definition) is 2. The smallest absolute Gasteiger partial charge is 0.332 e. The second kappa shape index (κ2) is 4.14. The van der Waals surface area contributed by atoms with Crippen LogP contribution in [0.3, 0.4) is 0 Å². The van der Waals surface area contributed by atoms with Crippen LogP contribution in [0, 0.1) is 11.3 Å². The number of benzene rings is 1. The van der Waals surface area contributed by atoms with Crippen molar-refractivity contribution in [2.45, 2.75) is 6.54 Å². The molecule has 17 heavy (non-hydrogen) atoms. The molecule has 1 aromatic carbocycles. The first-order valence-corrected chi connectivity index (χ1v) is 5.02. The van der Waals surface area contributed by atoms with Gasteiger partial charge in [-0.15, -0.1) is 0 Å². The third-order valence-electron chi connectivity index (χ3n) is 2.56. The van der Waals surface area contributed by atoms with Crippen molar-refractivity contribution in [3.05, 3.63) is 48.2 Å². The fourth-order valence-corrected chi connectivity index (χ4v) is 1.68. The third-order valence-corrected chi connectivity index (χ3v) is 2.56. The van der Waals surface area contributed by atoms with Crippen LogP contribution < -0.4 is 0 Å². The zero-order chi connectivity index (χ0) is 12.4. The Bertz CT molecular complexity index is 647. The predicted molar refractivity (Wildman–Crippen MR) is 63.4 cm³/mol. The Morgan fingerprint density at radius 3 is 2.88 bits per heavy atom. The summed E-state index contributed by atoms with van der Waals surface area (Å²) in [6, 6.07) is 9.21. The van der Waals surface area contributed by atoms with Gasteiger partial charge in [-0.1, -0.05) is 6.58 Å². The number of nitrogens with zero attached hydrogens (tertiary/aromatic N) is 2. The first-order valence-electron chi connectivity index (χ1n) is 5.02. The number of hydrogen-bond donors (Lipinski definition) is 1. The van der Waals surface area contributed by atoms with Crippen LogP contribution in [0.25, 0.3) is 10.9 Å². The summed E-state index contributed by atoms with van der Waals surface area (Å²) in [6.45, 7) is 3.74. The summed E-state index contributed by atoms with van der Waals surface area (Å²) in [7, 11) is 0. The standard InChI is InChI=1S/C13H10N2O2/c1-9(13(16)17)8-15-5-4-11-6-10(7-14)2-3-12(11)15/h2-6H,1,8H2,(H,16,17). The van der Waals surface area contributed by atoms with E-state index in [4.69, 9.17) is 10.4 Å². The monoisotopic (exact) mass is 226 g/mol. The number of aliphatic carboxylic acids is 1. The van der Waals surface area contributed by atoms with Crippen LogP contribution in [0.2, 0.25) is 0 Å². The van der Waals surface area contributed by atoms with E-state index in [2.05, 4.69) is 12.6 Å². The molecule has 0 radical (unpaired) electrons. The quantitative estimate of drug-likeness (QED) is 0.815. The van der Waals surface area contributed by atoms with Gasteiger partial charge < -0.3 is 9.67 Å². The van der Waals surface area contributed by atoms with Gasteiger partial charge in [0.1, 0.15) is 0 Å². The number of carbonyl (C=O) groups is 1. The molecule has 0 aliphatic rings. The molecule has 4 nitrogen and oxygen atoms in total. The van der Waals surface area contributed by atoms with Crippen molar-refractivity contribution in [2.75, 3.05) is 0 Å². The Morgan fingerprint density at radius 2 is 2.24 bits per heavy atom. The minimum atomic E-state index is -1.000. The van der Waals surface area contributed by atoms with Crippen LogP contribution in [0.5, 0.6) is 0 Å². The summed E-state index contributed by atoms with van der Waals surface area (Å²) < 4.78 is 1.80. The van der Waals surface area contributed by atoms with Crippen LogP contribution in [-0.4, -0.2) is 15.6 Å². The molecule has 0 saturated heterocycles. The fraction of sp³-hybridized carbons (Fsp3) is 0.0769. The maximum absolute atomic E-state index is 10.7. The lowest BCUT2D eigenvalue weighted by molar-refractivity contribution is -0.132. The summed E-state index contributed by atoms with van der Waals surface area (Å²) in [5, 5.41) is 18.5. The van der Waals surface area contributed by atoms with E-state index < -0.39 is 5.97 Å². The lowest BCUT2D eigenvalue weighted by Gasteiger charge is -2.04. The van der Waals surface area contributed by atoms with Crippen molar-refractivity contribution in [2.24, 2.45) is 0 Å². The Balaban J connectivity index is 2.41.